The van der Waals surface area contributed by atoms with E-state index >= 15 is 0 Å². The van der Waals surface area contributed by atoms with Crippen LogP contribution in [0.15, 0.2) is 29.3 Å². The van der Waals surface area contributed by atoms with Gasteiger partial charge in [0.1, 0.15) is 0 Å². The van der Waals surface area contributed by atoms with Gasteiger partial charge in [0.25, 0.3) is 5.91 Å². The maximum Gasteiger partial charge on any atom is 0.253 e. The molecule has 3 atom stereocenters. The third-order valence-electron chi connectivity index (χ3n) is 3.31. The predicted molar refractivity (Wildman–Crippen MR) is 55.5 cm³/mol. The second kappa shape index (κ2) is 3.03. The summed E-state index contributed by atoms with van der Waals surface area (Å²) in [4.78, 5) is 16.2. The van der Waals surface area contributed by atoms with Gasteiger partial charge in [0.15, 0.2) is 5.54 Å². The fraction of sp³-hybridized carbons (Fsp3) is 0.455. The van der Waals surface area contributed by atoms with E-state index in [1.54, 1.807) is 0 Å². The molecule has 2 heterocycles. The highest BCUT2D eigenvalue weighted by molar-refractivity contribution is 6.00. The predicted octanol–water partition coefficient (Wildman–Crippen LogP) is 0.414. The molecule has 0 radical (unpaired) electrons. The van der Waals surface area contributed by atoms with Gasteiger partial charge in [0.05, 0.1) is 19.0 Å². The Labute approximate surface area is 87.7 Å². The number of carbonyl (C=O) groups is 1. The van der Waals surface area contributed by atoms with E-state index < -0.39 is 5.54 Å². The molecule has 0 saturated carbocycles. The molecule has 1 fully saturated rings. The first-order valence-corrected chi connectivity index (χ1v) is 5.14. The highest BCUT2D eigenvalue weighted by Gasteiger charge is 2.52. The molecule has 78 valence electrons. The molecular weight excluding hydrogens is 192 g/mol. The molecule has 1 saturated heterocycles. The van der Waals surface area contributed by atoms with Crippen LogP contribution in [0.1, 0.15) is 6.42 Å². The molecular formula is C11H12N2O2. The Bertz CT molecular complexity index is 386. The van der Waals surface area contributed by atoms with Crippen LogP contribution < -0.4 is 5.32 Å². The van der Waals surface area contributed by atoms with Crippen LogP contribution in [-0.2, 0) is 9.53 Å². The summed E-state index contributed by atoms with van der Waals surface area (Å²) < 4.78 is 5.62. The lowest BCUT2D eigenvalue weighted by Gasteiger charge is -2.40. The number of fused-ring (bicyclic) bond motifs is 2. The Hall–Kier alpha value is -1.42. The summed E-state index contributed by atoms with van der Waals surface area (Å²) in [6.45, 7) is 0.587. The molecule has 4 heteroatoms. The van der Waals surface area contributed by atoms with Crippen molar-refractivity contribution in [1.29, 1.82) is 0 Å². The number of hydrogen-bond acceptors (Lipinski definition) is 3. The zero-order chi connectivity index (χ0) is 10.3. The Kier molecular flexibility index (Phi) is 1.79. The van der Waals surface area contributed by atoms with Crippen LogP contribution in [0.25, 0.3) is 0 Å². The molecule has 3 aliphatic rings. The molecule has 3 unspecified atom stereocenters. The van der Waals surface area contributed by atoms with E-state index in [1.807, 2.05) is 24.3 Å². The van der Waals surface area contributed by atoms with Gasteiger partial charge in [0.2, 0.25) is 0 Å². The number of allylic oxidation sites excluding steroid dienone is 2. The van der Waals surface area contributed by atoms with Crippen molar-refractivity contribution in [3.8, 4) is 0 Å². The summed E-state index contributed by atoms with van der Waals surface area (Å²) in [7, 11) is 0. The maximum atomic E-state index is 11.9. The van der Waals surface area contributed by atoms with Crippen LogP contribution in [-0.4, -0.2) is 30.5 Å². The van der Waals surface area contributed by atoms with E-state index in [9.17, 15) is 4.79 Å². The van der Waals surface area contributed by atoms with Crippen molar-refractivity contribution in [3.05, 3.63) is 24.3 Å². The van der Waals surface area contributed by atoms with E-state index in [-0.39, 0.29) is 17.9 Å². The number of hydrogen-bond donors (Lipinski definition) is 1. The second-order valence-electron chi connectivity index (χ2n) is 4.04. The summed E-state index contributed by atoms with van der Waals surface area (Å²) in [5, 5.41) is 2.67. The first-order chi connectivity index (χ1) is 7.33. The average molecular weight is 204 g/mol. The maximum absolute atomic E-state index is 11.9. The van der Waals surface area contributed by atoms with Crippen LogP contribution in [0.3, 0.4) is 0 Å². The molecule has 1 spiro atoms. The lowest BCUT2D eigenvalue weighted by molar-refractivity contribution is -0.131. The standard InChI is InChI=1S/C11H12N2O2/c14-10-11(13-7-12-10)5-6-15-9-4-2-1-3-8(9)11/h1-4,7-9H,5-6H2,(H,12,13,14). The Morgan fingerprint density at radius 1 is 1.47 bits per heavy atom. The van der Waals surface area contributed by atoms with Crippen LogP contribution in [0.4, 0.5) is 0 Å². The lowest BCUT2D eigenvalue weighted by Crippen LogP contribution is -2.53. The number of carbonyl (C=O) groups excluding carboxylic acids is 1. The van der Waals surface area contributed by atoms with Gasteiger partial charge < -0.3 is 10.1 Å². The zero-order valence-corrected chi connectivity index (χ0v) is 8.22. The van der Waals surface area contributed by atoms with E-state index in [4.69, 9.17) is 4.74 Å². The second-order valence-corrected chi connectivity index (χ2v) is 4.04. The monoisotopic (exact) mass is 204 g/mol. The normalized spacial score (nSPS) is 42.0. The minimum Gasteiger partial charge on any atom is -0.373 e. The average Bonchev–Trinajstić information content (AvgIpc) is 2.62. The van der Waals surface area contributed by atoms with Crippen molar-refractivity contribution in [2.75, 3.05) is 6.61 Å². The third-order valence-corrected chi connectivity index (χ3v) is 3.31. The fourth-order valence-electron chi connectivity index (χ4n) is 2.50. The number of amides is 1. The minimum absolute atomic E-state index is 0.000694. The summed E-state index contributed by atoms with van der Waals surface area (Å²) in [5.41, 5.74) is -0.621. The van der Waals surface area contributed by atoms with Gasteiger partial charge in [-0.2, -0.15) is 0 Å². The number of ether oxygens (including phenoxy) is 1. The van der Waals surface area contributed by atoms with Crippen molar-refractivity contribution in [2.24, 2.45) is 10.9 Å². The number of nitrogens with zero attached hydrogens (tertiary/aromatic N) is 1. The van der Waals surface area contributed by atoms with Gasteiger partial charge in [-0.05, 0) is 0 Å². The minimum atomic E-state index is -0.621. The van der Waals surface area contributed by atoms with Gasteiger partial charge in [-0.3, -0.25) is 9.79 Å². The van der Waals surface area contributed by atoms with Crippen molar-refractivity contribution in [1.82, 2.24) is 5.32 Å². The van der Waals surface area contributed by atoms with Gasteiger partial charge in [-0.25, -0.2) is 0 Å². The molecule has 3 rings (SSSR count). The van der Waals surface area contributed by atoms with E-state index in [0.29, 0.717) is 13.0 Å². The van der Waals surface area contributed by atoms with Crippen molar-refractivity contribution >= 4 is 12.2 Å². The summed E-state index contributed by atoms with van der Waals surface area (Å²) in [6, 6.07) is 0. The van der Waals surface area contributed by atoms with Gasteiger partial charge in [-0.15, -0.1) is 0 Å². The van der Waals surface area contributed by atoms with Gasteiger partial charge in [-0.1, -0.05) is 24.3 Å². The SMILES string of the molecule is O=C1NC=NC12CCOC1C=CC=CC12. The fourth-order valence-corrected chi connectivity index (χ4v) is 2.50. The van der Waals surface area contributed by atoms with Crippen LogP contribution in [0.2, 0.25) is 0 Å². The quantitative estimate of drug-likeness (QED) is 0.621. The van der Waals surface area contributed by atoms with Crippen molar-refractivity contribution in [3.63, 3.8) is 0 Å². The molecule has 4 nitrogen and oxygen atoms in total. The number of nitrogens with one attached hydrogen (secondary N) is 1. The number of aliphatic imine (C=N–C) groups is 1. The highest BCUT2D eigenvalue weighted by atomic mass is 16.5. The van der Waals surface area contributed by atoms with Crippen LogP contribution in [0.5, 0.6) is 0 Å². The summed E-state index contributed by atoms with van der Waals surface area (Å²) >= 11 is 0. The zero-order valence-electron chi connectivity index (χ0n) is 8.22. The smallest absolute Gasteiger partial charge is 0.253 e. The van der Waals surface area contributed by atoms with Crippen LogP contribution >= 0.6 is 0 Å². The molecule has 0 aromatic carbocycles. The van der Waals surface area contributed by atoms with E-state index in [0.717, 1.165) is 0 Å². The Morgan fingerprint density at radius 3 is 3.13 bits per heavy atom. The first kappa shape index (κ1) is 8.85. The molecule has 1 N–H and O–H groups in total. The number of rotatable bonds is 0. The van der Waals surface area contributed by atoms with E-state index in [2.05, 4.69) is 10.3 Å². The topological polar surface area (TPSA) is 50.7 Å². The van der Waals surface area contributed by atoms with E-state index in [1.165, 1.54) is 6.34 Å². The highest BCUT2D eigenvalue weighted by Crippen LogP contribution is 2.39. The van der Waals surface area contributed by atoms with Crippen LogP contribution in [0, 0.1) is 5.92 Å². The Morgan fingerprint density at radius 2 is 2.33 bits per heavy atom. The van der Waals surface area contributed by atoms with Crippen molar-refractivity contribution < 1.29 is 9.53 Å². The molecule has 0 bridgehead atoms. The molecule has 2 aliphatic heterocycles. The first-order valence-electron chi connectivity index (χ1n) is 5.14. The largest absolute Gasteiger partial charge is 0.373 e. The molecule has 0 aromatic heterocycles. The third kappa shape index (κ3) is 1.11. The molecule has 0 aromatic rings. The molecule has 1 amide bonds. The molecule has 15 heavy (non-hydrogen) atoms. The molecule has 1 aliphatic carbocycles. The summed E-state index contributed by atoms with van der Waals surface area (Å²) in [6.07, 6.45) is 10.1. The van der Waals surface area contributed by atoms with Crippen molar-refractivity contribution in [2.45, 2.75) is 18.1 Å². The lowest BCUT2D eigenvalue weighted by atomic mass is 9.74. The van der Waals surface area contributed by atoms with Gasteiger partial charge in [0, 0.05) is 12.3 Å². The Balaban J connectivity index is 2.01. The summed E-state index contributed by atoms with van der Waals surface area (Å²) in [5.74, 6) is 0.0377. The van der Waals surface area contributed by atoms with Gasteiger partial charge >= 0.3 is 0 Å².